The van der Waals surface area contributed by atoms with Gasteiger partial charge in [0.2, 0.25) is 5.69 Å². The fourth-order valence-electron chi connectivity index (χ4n) is 1.51. The number of rotatable bonds is 5. The molecule has 1 unspecified atom stereocenters. The molecule has 128 valence electrons. The van der Waals surface area contributed by atoms with Crippen LogP contribution in [0.1, 0.15) is 5.69 Å². The maximum atomic E-state index is 13.4. The summed E-state index contributed by atoms with van der Waals surface area (Å²) in [5, 5.41) is 12.4. The first-order chi connectivity index (χ1) is 11.1. The Kier molecular flexibility index (Phi) is 4.65. The molecule has 0 saturated carbocycles. The van der Waals surface area contributed by atoms with Crippen molar-refractivity contribution in [2.75, 3.05) is 0 Å². The quantitative estimate of drug-likeness (QED) is 0.774. The molecule has 6 nitrogen and oxygen atoms in total. The van der Waals surface area contributed by atoms with Gasteiger partial charge >= 0.3 is 18.8 Å². The lowest BCUT2D eigenvalue weighted by Gasteiger charge is -2.21. The molecule has 2 aromatic rings. The second-order valence-corrected chi connectivity index (χ2v) is 4.15. The molecule has 0 amide bonds. The number of nitriles is 1. The normalized spacial score (nSPS) is 13.4. The van der Waals surface area contributed by atoms with Gasteiger partial charge < -0.3 is 4.74 Å². The molecule has 0 aromatic carbocycles. The summed E-state index contributed by atoms with van der Waals surface area (Å²) >= 11 is 0. The van der Waals surface area contributed by atoms with Gasteiger partial charge in [-0.2, -0.15) is 19.1 Å². The maximum Gasteiger partial charge on any atom is 0.525 e. The van der Waals surface area contributed by atoms with Crippen LogP contribution in [0.4, 0.5) is 26.3 Å². The summed E-state index contributed by atoms with van der Waals surface area (Å²) in [6.45, 7) is 0. The Bertz CT molecular complexity index is 740. The smallest absolute Gasteiger partial charge is 0.424 e. The summed E-state index contributed by atoms with van der Waals surface area (Å²) in [5.41, 5.74) is -0.451. The first-order valence-electron chi connectivity index (χ1n) is 5.98. The molecule has 0 aliphatic heterocycles. The second-order valence-electron chi connectivity index (χ2n) is 4.15. The Labute approximate surface area is 129 Å². The molecule has 0 aliphatic carbocycles. The van der Waals surface area contributed by atoms with E-state index in [1.54, 1.807) is 0 Å². The molecular weight excluding hydrogens is 346 g/mol. The molecule has 0 aliphatic rings. The summed E-state index contributed by atoms with van der Waals surface area (Å²) in [6, 6.07) is 4.33. The van der Waals surface area contributed by atoms with Crippen molar-refractivity contribution >= 4 is 0 Å². The summed E-state index contributed by atoms with van der Waals surface area (Å²) in [6.07, 6.45) is -11.3. The molecular formula is C12H6F6N4O2. The third-order valence-electron chi connectivity index (χ3n) is 2.44. The van der Waals surface area contributed by atoms with Gasteiger partial charge in [-0.15, -0.1) is 13.2 Å². The van der Waals surface area contributed by atoms with Crippen molar-refractivity contribution in [1.29, 1.82) is 5.26 Å². The number of hydrogen-bond acceptors (Lipinski definition) is 5. The van der Waals surface area contributed by atoms with E-state index in [1.165, 1.54) is 30.6 Å². The van der Waals surface area contributed by atoms with Crippen LogP contribution in [-0.4, -0.2) is 33.6 Å². The molecule has 0 radical (unpaired) electrons. The Morgan fingerprint density at radius 3 is 2.50 bits per heavy atom. The van der Waals surface area contributed by atoms with Crippen LogP contribution in [0.2, 0.25) is 0 Å². The predicted molar refractivity (Wildman–Crippen MR) is 63.7 cm³/mol. The van der Waals surface area contributed by atoms with E-state index in [2.05, 4.69) is 19.6 Å². The lowest BCUT2D eigenvalue weighted by atomic mass is 10.4. The van der Waals surface area contributed by atoms with Crippen LogP contribution in [0.3, 0.4) is 0 Å². The summed E-state index contributed by atoms with van der Waals surface area (Å²) < 4.78 is 82.6. The predicted octanol–water partition coefficient (Wildman–Crippen LogP) is 2.94. The van der Waals surface area contributed by atoms with Crippen LogP contribution < -0.4 is 4.74 Å². The van der Waals surface area contributed by atoms with Gasteiger partial charge in [0.15, 0.2) is 5.75 Å². The average Bonchev–Trinajstić information content (AvgIpc) is 2.88. The maximum absolute atomic E-state index is 13.4. The minimum Gasteiger partial charge on any atom is -0.424 e. The van der Waals surface area contributed by atoms with Crippen LogP contribution in [0, 0.1) is 11.3 Å². The van der Waals surface area contributed by atoms with Gasteiger partial charge in [-0.25, -0.2) is 13.8 Å². The van der Waals surface area contributed by atoms with Gasteiger partial charge in [-0.1, -0.05) is 0 Å². The van der Waals surface area contributed by atoms with Crippen LogP contribution in [0.15, 0.2) is 30.7 Å². The fraction of sp³-hybridized carbons (Fsp3) is 0.250. The Hall–Kier alpha value is -2.81. The third kappa shape index (κ3) is 4.13. The van der Waals surface area contributed by atoms with E-state index in [0.717, 1.165) is 10.9 Å². The molecule has 24 heavy (non-hydrogen) atoms. The Morgan fingerprint density at radius 1 is 1.25 bits per heavy atom. The molecule has 2 aromatic heterocycles. The Morgan fingerprint density at radius 2 is 1.96 bits per heavy atom. The minimum absolute atomic E-state index is 0.246. The number of alkyl halides is 6. The number of halogens is 6. The van der Waals surface area contributed by atoms with Crippen LogP contribution in [0.5, 0.6) is 5.75 Å². The largest absolute Gasteiger partial charge is 0.525 e. The number of nitrogens with zero attached hydrogens (tertiary/aromatic N) is 4. The SMILES string of the molecule is N#Cc1nn(-c2cccnc2)cc1OC(F)(F)C(F)OC(F)(F)F. The van der Waals surface area contributed by atoms with Crippen LogP contribution in [0.25, 0.3) is 5.69 Å². The monoisotopic (exact) mass is 352 g/mol. The second kappa shape index (κ2) is 6.36. The molecule has 0 spiro atoms. The third-order valence-corrected chi connectivity index (χ3v) is 2.44. The molecule has 0 fully saturated rings. The molecule has 0 bridgehead atoms. The highest BCUT2D eigenvalue weighted by Gasteiger charge is 2.51. The molecule has 0 saturated heterocycles. The number of aromatic nitrogens is 3. The molecule has 2 heterocycles. The van der Waals surface area contributed by atoms with Gasteiger partial charge in [0.05, 0.1) is 18.1 Å². The summed E-state index contributed by atoms with van der Waals surface area (Å²) in [7, 11) is 0. The highest BCUT2D eigenvalue weighted by Crippen LogP contribution is 2.33. The lowest BCUT2D eigenvalue weighted by molar-refractivity contribution is -0.411. The van der Waals surface area contributed by atoms with Gasteiger partial charge in [-0.3, -0.25) is 4.98 Å². The molecule has 2 rings (SSSR count). The molecule has 12 heteroatoms. The van der Waals surface area contributed by atoms with Crippen LogP contribution in [-0.2, 0) is 4.74 Å². The topological polar surface area (TPSA) is 73.0 Å². The Balaban J connectivity index is 2.26. The van der Waals surface area contributed by atoms with Crippen molar-refractivity contribution in [2.24, 2.45) is 0 Å². The molecule has 1 atom stereocenters. The number of hydrogen-bond donors (Lipinski definition) is 0. The highest BCUT2D eigenvalue weighted by molar-refractivity contribution is 5.39. The molecule has 0 N–H and O–H groups in total. The van der Waals surface area contributed by atoms with E-state index in [9.17, 15) is 26.3 Å². The van der Waals surface area contributed by atoms with E-state index in [1.807, 2.05) is 0 Å². The summed E-state index contributed by atoms with van der Waals surface area (Å²) in [4.78, 5) is 3.73. The van der Waals surface area contributed by atoms with Gasteiger partial charge in [-0.05, 0) is 12.1 Å². The number of pyridine rings is 1. The van der Waals surface area contributed by atoms with Gasteiger partial charge in [0.1, 0.15) is 6.07 Å². The van der Waals surface area contributed by atoms with Gasteiger partial charge in [0, 0.05) is 6.20 Å². The van der Waals surface area contributed by atoms with E-state index < -0.39 is 30.3 Å². The zero-order valence-electron chi connectivity index (χ0n) is 11.3. The standard InChI is InChI=1S/C12H6F6N4O2/c13-10(24-12(16,17)18)11(14,15)23-9-6-22(21-8(9)4-19)7-2-1-3-20-5-7/h1-3,5-6,10H. The highest BCUT2D eigenvalue weighted by atomic mass is 19.4. The van der Waals surface area contributed by atoms with E-state index in [-0.39, 0.29) is 5.69 Å². The van der Waals surface area contributed by atoms with E-state index >= 15 is 0 Å². The van der Waals surface area contributed by atoms with Gasteiger partial charge in [0.25, 0.3) is 0 Å². The zero-order chi connectivity index (χ0) is 18.0. The van der Waals surface area contributed by atoms with Crippen molar-refractivity contribution < 1.29 is 35.8 Å². The lowest BCUT2D eigenvalue weighted by Crippen LogP contribution is -2.41. The zero-order valence-corrected chi connectivity index (χ0v) is 11.3. The van der Waals surface area contributed by atoms with Crippen LogP contribution >= 0.6 is 0 Å². The average molecular weight is 352 g/mol. The minimum atomic E-state index is -5.63. The van der Waals surface area contributed by atoms with Crippen molar-refractivity contribution in [1.82, 2.24) is 14.8 Å². The first-order valence-corrected chi connectivity index (χ1v) is 5.98. The summed E-state index contributed by atoms with van der Waals surface area (Å²) in [5.74, 6) is -0.931. The fourth-order valence-corrected chi connectivity index (χ4v) is 1.51. The first kappa shape index (κ1) is 17.5. The number of ether oxygens (including phenoxy) is 2. The van der Waals surface area contributed by atoms with Crippen molar-refractivity contribution in [2.45, 2.75) is 18.8 Å². The van der Waals surface area contributed by atoms with E-state index in [0.29, 0.717) is 0 Å². The van der Waals surface area contributed by atoms with Crippen molar-refractivity contribution in [3.05, 3.63) is 36.4 Å². The van der Waals surface area contributed by atoms with Crippen molar-refractivity contribution in [3.8, 4) is 17.5 Å². The van der Waals surface area contributed by atoms with E-state index in [4.69, 9.17) is 5.26 Å². The van der Waals surface area contributed by atoms with Crippen molar-refractivity contribution in [3.63, 3.8) is 0 Å².